The minimum absolute atomic E-state index is 0.0839. The lowest BCUT2D eigenvalue weighted by Gasteiger charge is -2.44. The van der Waals surface area contributed by atoms with Crippen LogP contribution in [0.5, 0.6) is 0 Å². The maximum atomic E-state index is 11.9. The van der Waals surface area contributed by atoms with Crippen molar-refractivity contribution in [3.63, 3.8) is 0 Å². The predicted molar refractivity (Wildman–Crippen MR) is 69.1 cm³/mol. The number of hydrogen-bond donors (Lipinski definition) is 1. The van der Waals surface area contributed by atoms with Crippen LogP contribution in [0.2, 0.25) is 0 Å². The molecule has 2 saturated heterocycles. The van der Waals surface area contributed by atoms with Gasteiger partial charge in [-0.05, 0) is 27.2 Å². The normalized spacial score (nSPS) is 23.8. The number of nitrogens with zero attached hydrogens (tertiary/aromatic N) is 2. The summed E-state index contributed by atoms with van der Waals surface area (Å²) in [6.45, 7) is 6.65. The summed E-state index contributed by atoms with van der Waals surface area (Å²) in [5, 5.41) is 8.91. The van der Waals surface area contributed by atoms with Gasteiger partial charge in [0.2, 0.25) is 5.91 Å². The number of carbonyl (C=O) groups excluding carboxylic acids is 2. The summed E-state index contributed by atoms with van der Waals surface area (Å²) in [4.78, 5) is 37.6. The van der Waals surface area contributed by atoms with Gasteiger partial charge in [0, 0.05) is 19.6 Å². The van der Waals surface area contributed by atoms with E-state index in [1.165, 1.54) is 4.90 Å². The van der Waals surface area contributed by atoms with Crippen molar-refractivity contribution in [3.8, 4) is 0 Å². The molecule has 0 bridgehead atoms. The van der Waals surface area contributed by atoms with Crippen molar-refractivity contribution in [2.24, 2.45) is 5.92 Å². The molecule has 0 aromatic rings. The summed E-state index contributed by atoms with van der Waals surface area (Å²) >= 11 is 0. The topological polar surface area (TPSA) is 87.2 Å². The summed E-state index contributed by atoms with van der Waals surface area (Å²) < 4.78 is 5.23. The van der Waals surface area contributed by atoms with Crippen LogP contribution >= 0.6 is 0 Å². The van der Waals surface area contributed by atoms with Crippen molar-refractivity contribution in [2.75, 3.05) is 19.6 Å². The van der Waals surface area contributed by atoms with E-state index in [1.807, 2.05) is 0 Å². The van der Waals surface area contributed by atoms with Crippen molar-refractivity contribution < 1.29 is 24.2 Å². The summed E-state index contributed by atoms with van der Waals surface area (Å²) in [6, 6.07) is -0.0839. The van der Waals surface area contributed by atoms with Crippen LogP contribution in [0, 0.1) is 5.92 Å². The third-order valence-electron chi connectivity index (χ3n) is 3.49. The first kappa shape index (κ1) is 14.6. The Bertz CT molecular complexity index is 437. The van der Waals surface area contributed by atoms with Gasteiger partial charge in [-0.25, -0.2) is 4.79 Å². The highest BCUT2D eigenvalue weighted by Crippen LogP contribution is 2.26. The maximum Gasteiger partial charge on any atom is 0.410 e. The number of aliphatic carboxylic acids is 1. The maximum absolute atomic E-state index is 11.9. The SMILES string of the molecule is CC(C)(C)OC(=O)N1CC(N2CCC(C(=O)O)C2=O)C1. The van der Waals surface area contributed by atoms with E-state index < -0.39 is 23.6 Å². The largest absolute Gasteiger partial charge is 0.481 e. The van der Waals surface area contributed by atoms with Crippen molar-refractivity contribution in [3.05, 3.63) is 0 Å². The van der Waals surface area contributed by atoms with Crippen LogP contribution in [-0.2, 0) is 14.3 Å². The zero-order chi connectivity index (χ0) is 15.1. The number of amides is 2. The molecule has 2 aliphatic heterocycles. The predicted octanol–water partition coefficient (Wildman–Crippen LogP) is 0.539. The van der Waals surface area contributed by atoms with Gasteiger partial charge in [-0.2, -0.15) is 0 Å². The summed E-state index contributed by atoms with van der Waals surface area (Å²) in [7, 11) is 0. The lowest BCUT2D eigenvalue weighted by Crippen LogP contribution is -2.62. The van der Waals surface area contributed by atoms with Crippen molar-refractivity contribution in [2.45, 2.75) is 38.8 Å². The first-order valence-corrected chi connectivity index (χ1v) is 6.70. The zero-order valence-corrected chi connectivity index (χ0v) is 12.0. The Labute approximate surface area is 117 Å². The fourth-order valence-corrected chi connectivity index (χ4v) is 2.42. The molecule has 112 valence electrons. The van der Waals surface area contributed by atoms with E-state index in [0.717, 1.165) is 0 Å². The minimum Gasteiger partial charge on any atom is -0.481 e. The van der Waals surface area contributed by atoms with Crippen LogP contribution in [0.25, 0.3) is 0 Å². The van der Waals surface area contributed by atoms with Crippen molar-refractivity contribution in [1.82, 2.24) is 9.80 Å². The number of carboxylic acids is 1. The molecule has 2 aliphatic rings. The van der Waals surface area contributed by atoms with E-state index in [9.17, 15) is 14.4 Å². The highest BCUT2D eigenvalue weighted by Gasteiger charge is 2.45. The van der Waals surface area contributed by atoms with Gasteiger partial charge in [0.25, 0.3) is 0 Å². The molecule has 1 atom stereocenters. The standard InChI is InChI=1S/C13H20N2O5/c1-13(2,3)20-12(19)14-6-8(7-14)15-5-4-9(10(15)16)11(17)18/h8-9H,4-7H2,1-3H3,(H,17,18). The van der Waals surface area contributed by atoms with Crippen LogP contribution < -0.4 is 0 Å². The van der Waals surface area contributed by atoms with Crippen LogP contribution in [0.4, 0.5) is 4.79 Å². The lowest BCUT2D eigenvalue weighted by atomic mass is 10.1. The second kappa shape index (κ2) is 4.96. The molecule has 0 aliphatic carbocycles. The Morgan fingerprint density at radius 1 is 1.30 bits per heavy atom. The number of carbonyl (C=O) groups is 3. The number of hydrogen-bond acceptors (Lipinski definition) is 4. The van der Waals surface area contributed by atoms with E-state index in [1.54, 1.807) is 25.7 Å². The average molecular weight is 284 g/mol. The molecule has 0 radical (unpaired) electrons. The molecular weight excluding hydrogens is 264 g/mol. The quantitative estimate of drug-likeness (QED) is 0.748. The van der Waals surface area contributed by atoms with Crippen LogP contribution in [0.3, 0.4) is 0 Å². The molecule has 2 heterocycles. The Morgan fingerprint density at radius 2 is 1.90 bits per heavy atom. The molecule has 7 heteroatoms. The van der Waals surface area contributed by atoms with Gasteiger partial charge < -0.3 is 19.6 Å². The van der Waals surface area contributed by atoms with Gasteiger partial charge >= 0.3 is 12.1 Å². The minimum atomic E-state index is -1.07. The number of carboxylic acid groups (broad SMARTS) is 1. The smallest absolute Gasteiger partial charge is 0.410 e. The van der Waals surface area contributed by atoms with E-state index in [0.29, 0.717) is 26.1 Å². The molecule has 0 aromatic heterocycles. The Balaban J connectivity index is 1.84. The number of rotatable bonds is 2. The van der Waals surface area contributed by atoms with Gasteiger partial charge in [-0.1, -0.05) is 0 Å². The molecule has 1 N–H and O–H groups in total. The van der Waals surface area contributed by atoms with Crippen LogP contribution in [0.15, 0.2) is 0 Å². The second-order valence-electron chi connectivity index (χ2n) is 6.25. The fourth-order valence-electron chi connectivity index (χ4n) is 2.42. The molecule has 0 saturated carbocycles. The zero-order valence-electron chi connectivity index (χ0n) is 12.0. The van der Waals surface area contributed by atoms with Crippen LogP contribution in [0.1, 0.15) is 27.2 Å². The Kier molecular flexibility index (Phi) is 3.62. The molecule has 2 fully saturated rings. The van der Waals surface area contributed by atoms with Gasteiger partial charge in [0.1, 0.15) is 11.5 Å². The van der Waals surface area contributed by atoms with Crippen molar-refractivity contribution in [1.29, 1.82) is 0 Å². The van der Waals surface area contributed by atoms with Gasteiger partial charge in [-0.3, -0.25) is 9.59 Å². The lowest BCUT2D eigenvalue weighted by molar-refractivity contribution is -0.149. The molecule has 7 nitrogen and oxygen atoms in total. The molecule has 2 amide bonds. The molecule has 1 unspecified atom stereocenters. The van der Waals surface area contributed by atoms with E-state index in [-0.39, 0.29) is 11.9 Å². The Hall–Kier alpha value is -1.79. The average Bonchev–Trinajstić information content (AvgIpc) is 2.55. The highest BCUT2D eigenvalue weighted by atomic mass is 16.6. The molecule has 2 rings (SSSR count). The van der Waals surface area contributed by atoms with Gasteiger partial charge in [0.05, 0.1) is 6.04 Å². The van der Waals surface area contributed by atoms with E-state index in [4.69, 9.17) is 9.84 Å². The third kappa shape index (κ3) is 2.86. The molecular formula is C13H20N2O5. The molecule has 0 spiro atoms. The third-order valence-corrected chi connectivity index (χ3v) is 3.49. The monoisotopic (exact) mass is 284 g/mol. The van der Waals surface area contributed by atoms with Crippen LogP contribution in [-0.4, -0.2) is 64.2 Å². The summed E-state index contributed by atoms with van der Waals surface area (Å²) in [6.07, 6.45) is -0.0490. The summed E-state index contributed by atoms with van der Waals surface area (Å²) in [5.74, 6) is -2.34. The fraction of sp³-hybridized carbons (Fsp3) is 0.769. The number of ether oxygens (including phenoxy) is 1. The van der Waals surface area contributed by atoms with Gasteiger partial charge in [-0.15, -0.1) is 0 Å². The molecule has 0 aromatic carbocycles. The highest BCUT2D eigenvalue weighted by molar-refractivity contribution is 5.98. The Morgan fingerprint density at radius 3 is 2.35 bits per heavy atom. The first-order chi connectivity index (χ1) is 9.19. The summed E-state index contributed by atoms with van der Waals surface area (Å²) in [5.41, 5.74) is -0.542. The van der Waals surface area contributed by atoms with Gasteiger partial charge in [0.15, 0.2) is 0 Å². The number of likely N-dealkylation sites (tertiary alicyclic amines) is 2. The van der Waals surface area contributed by atoms with E-state index >= 15 is 0 Å². The van der Waals surface area contributed by atoms with Crippen molar-refractivity contribution >= 4 is 18.0 Å². The second-order valence-corrected chi connectivity index (χ2v) is 6.25. The molecule has 20 heavy (non-hydrogen) atoms. The first-order valence-electron chi connectivity index (χ1n) is 6.70. The van der Waals surface area contributed by atoms with E-state index in [2.05, 4.69) is 0 Å².